The van der Waals surface area contributed by atoms with E-state index in [1.165, 1.54) is 24.8 Å². The minimum Gasteiger partial charge on any atom is -0.361 e. The van der Waals surface area contributed by atoms with Crippen molar-refractivity contribution in [1.29, 1.82) is 0 Å². The third kappa shape index (κ3) is 2.10. The van der Waals surface area contributed by atoms with Gasteiger partial charge < -0.3 is 9.84 Å². The maximum absolute atomic E-state index is 5.18. The molecule has 2 heterocycles. The van der Waals surface area contributed by atoms with Gasteiger partial charge >= 0.3 is 0 Å². The van der Waals surface area contributed by atoms with E-state index < -0.39 is 0 Å². The van der Waals surface area contributed by atoms with Gasteiger partial charge in [0, 0.05) is 18.0 Å². The van der Waals surface area contributed by atoms with Gasteiger partial charge in [0.05, 0.1) is 6.20 Å². The summed E-state index contributed by atoms with van der Waals surface area (Å²) in [6, 6.07) is 0.598. The van der Waals surface area contributed by atoms with Crippen molar-refractivity contribution in [3.05, 3.63) is 17.5 Å². The maximum atomic E-state index is 5.18. The molecule has 0 spiro atoms. The first kappa shape index (κ1) is 8.75. The fourth-order valence-corrected chi connectivity index (χ4v) is 1.83. The number of nitrogens with zero attached hydrogens (tertiary/aromatic N) is 1. The zero-order valence-electron chi connectivity index (χ0n) is 8.05. The van der Waals surface area contributed by atoms with Gasteiger partial charge in [-0.15, -0.1) is 0 Å². The minimum absolute atomic E-state index is 0.598. The molecule has 0 saturated carbocycles. The van der Waals surface area contributed by atoms with Crippen LogP contribution in [0, 0.1) is 6.92 Å². The summed E-state index contributed by atoms with van der Waals surface area (Å²) in [4.78, 5) is 0. The summed E-state index contributed by atoms with van der Waals surface area (Å²) in [6.45, 7) is 3.20. The zero-order chi connectivity index (χ0) is 9.10. The van der Waals surface area contributed by atoms with Crippen molar-refractivity contribution in [2.75, 3.05) is 6.54 Å². The Morgan fingerprint density at radius 1 is 1.62 bits per heavy atom. The van der Waals surface area contributed by atoms with Crippen LogP contribution in [0.4, 0.5) is 0 Å². The van der Waals surface area contributed by atoms with E-state index in [2.05, 4.69) is 17.4 Å². The molecular weight excluding hydrogens is 164 g/mol. The fourth-order valence-electron chi connectivity index (χ4n) is 1.83. The van der Waals surface area contributed by atoms with Gasteiger partial charge in [-0.2, -0.15) is 0 Å². The minimum atomic E-state index is 0.598. The van der Waals surface area contributed by atoms with E-state index in [1.807, 2.05) is 0 Å². The number of rotatable bonds is 2. The van der Waals surface area contributed by atoms with Gasteiger partial charge in [0.2, 0.25) is 0 Å². The molecule has 1 N–H and O–H groups in total. The highest BCUT2D eigenvalue weighted by atomic mass is 16.5. The zero-order valence-corrected chi connectivity index (χ0v) is 8.05. The van der Waals surface area contributed by atoms with E-state index in [0.29, 0.717) is 6.04 Å². The molecule has 1 aliphatic rings. The van der Waals surface area contributed by atoms with Crippen molar-refractivity contribution in [2.45, 2.75) is 38.6 Å². The predicted octanol–water partition coefficient (Wildman–Crippen LogP) is 1.67. The van der Waals surface area contributed by atoms with Crippen molar-refractivity contribution in [2.24, 2.45) is 0 Å². The molecule has 1 aromatic rings. The monoisotopic (exact) mass is 180 g/mol. The van der Waals surface area contributed by atoms with Crippen LogP contribution in [0.1, 0.15) is 30.6 Å². The number of hydrogen-bond donors (Lipinski definition) is 1. The van der Waals surface area contributed by atoms with Crippen molar-refractivity contribution < 1.29 is 4.52 Å². The van der Waals surface area contributed by atoms with E-state index in [9.17, 15) is 0 Å². The second-order valence-corrected chi connectivity index (χ2v) is 3.78. The molecule has 1 aromatic heterocycles. The molecular formula is C10H16N2O. The molecule has 2 rings (SSSR count). The first-order valence-electron chi connectivity index (χ1n) is 5.00. The van der Waals surface area contributed by atoms with E-state index >= 15 is 0 Å². The van der Waals surface area contributed by atoms with Crippen molar-refractivity contribution in [3.8, 4) is 0 Å². The summed E-state index contributed by atoms with van der Waals surface area (Å²) >= 11 is 0. The topological polar surface area (TPSA) is 38.1 Å². The van der Waals surface area contributed by atoms with Gasteiger partial charge in [-0.05, 0) is 26.3 Å². The first-order valence-corrected chi connectivity index (χ1v) is 5.00. The number of nitrogens with one attached hydrogen (secondary N) is 1. The molecule has 3 heteroatoms. The van der Waals surface area contributed by atoms with E-state index in [-0.39, 0.29) is 0 Å². The Kier molecular flexibility index (Phi) is 2.64. The quantitative estimate of drug-likeness (QED) is 0.752. The van der Waals surface area contributed by atoms with Gasteiger partial charge in [-0.25, -0.2) is 0 Å². The maximum Gasteiger partial charge on any atom is 0.141 e. The molecule has 0 aromatic carbocycles. The van der Waals surface area contributed by atoms with E-state index in [0.717, 1.165) is 18.7 Å². The van der Waals surface area contributed by atoms with Crippen LogP contribution in [0.25, 0.3) is 0 Å². The number of aryl methyl sites for hydroxylation is 1. The summed E-state index contributed by atoms with van der Waals surface area (Å²) in [5.41, 5.74) is 1.17. The lowest BCUT2D eigenvalue weighted by molar-refractivity contribution is 0.336. The van der Waals surface area contributed by atoms with Crippen molar-refractivity contribution >= 4 is 0 Å². The molecule has 1 atom stereocenters. The Balaban J connectivity index is 1.93. The molecule has 1 saturated heterocycles. The average molecular weight is 180 g/mol. The van der Waals surface area contributed by atoms with E-state index in [4.69, 9.17) is 4.52 Å². The Morgan fingerprint density at radius 3 is 3.15 bits per heavy atom. The highest BCUT2D eigenvalue weighted by molar-refractivity contribution is 5.11. The number of hydrogen-bond acceptors (Lipinski definition) is 3. The predicted molar refractivity (Wildman–Crippen MR) is 50.6 cm³/mol. The molecule has 1 fully saturated rings. The first-order chi connectivity index (χ1) is 6.36. The van der Waals surface area contributed by atoms with Gasteiger partial charge in [0.15, 0.2) is 0 Å². The lowest BCUT2D eigenvalue weighted by Crippen LogP contribution is -2.35. The third-order valence-electron chi connectivity index (χ3n) is 2.69. The Morgan fingerprint density at radius 2 is 2.54 bits per heavy atom. The van der Waals surface area contributed by atoms with Crippen LogP contribution in [-0.4, -0.2) is 17.7 Å². The van der Waals surface area contributed by atoms with Crippen LogP contribution in [0.3, 0.4) is 0 Å². The van der Waals surface area contributed by atoms with Crippen LogP contribution < -0.4 is 5.32 Å². The molecule has 0 bridgehead atoms. The van der Waals surface area contributed by atoms with Crippen molar-refractivity contribution in [1.82, 2.24) is 10.5 Å². The van der Waals surface area contributed by atoms with Gasteiger partial charge in [-0.1, -0.05) is 11.6 Å². The molecule has 1 aliphatic heterocycles. The summed E-state index contributed by atoms with van der Waals surface area (Å²) in [7, 11) is 0. The summed E-state index contributed by atoms with van der Waals surface area (Å²) in [5, 5.41) is 7.28. The van der Waals surface area contributed by atoms with Crippen molar-refractivity contribution in [3.63, 3.8) is 0 Å². The fraction of sp³-hybridized carbons (Fsp3) is 0.700. The highest BCUT2D eigenvalue weighted by Gasteiger charge is 2.15. The third-order valence-corrected chi connectivity index (χ3v) is 2.69. The molecule has 1 unspecified atom stereocenters. The second kappa shape index (κ2) is 3.92. The number of piperidine rings is 1. The SMILES string of the molecule is Cc1cnoc1CC1CCCCN1. The smallest absolute Gasteiger partial charge is 0.141 e. The standard InChI is InChI=1S/C10H16N2O/c1-8-7-12-13-10(8)6-9-4-2-3-5-11-9/h7,9,11H,2-6H2,1H3. The Hall–Kier alpha value is -0.830. The lowest BCUT2D eigenvalue weighted by atomic mass is 10.00. The summed E-state index contributed by atoms with van der Waals surface area (Å²) in [6.07, 6.45) is 6.70. The molecule has 3 nitrogen and oxygen atoms in total. The summed E-state index contributed by atoms with van der Waals surface area (Å²) < 4.78 is 5.18. The van der Waals surface area contributed by atoms with Gasteiger partial charge in [0.25, 0.3) is 0 Å². The molecule has 72 valence electrons. The molecule has 13 heavy (non-hydrogen) atoms. The van der Waals surface area contributed by atoms with Crippen LogP contribution >= 0.6 is 0 Å². The van der Waals surface area contributed by atoms with Gasteiger partial charge in [0.1, 0.15) is 5.76 Å². The lowest BCUT2D eigenvalue weighted by Gasteiger charge is -2.22. The highest BCUT2D eigenvalue weighted by Crippen LogP contribution is 2.14. The van der Waals surface area contributed by atoms with E-state index in [1.54, 1.807) is 6.20 Å². The largest absolute Gasteiger partial charge is 0.361 e. The van der Waals surface area contributed by atoms with Gasteiger partial charge in [-0.3, -0.25) is 0 Å². The van der Waals surface area contributed by atoms with Crippen LogP contribution in [0.5, 0.6) is 0 Å². The molecule has 0 aliphatic carbocycles. The normalized spacial score (nSPS) is 23.3. The van der Waals surface area contributed by atoms with Crippen LogP contribution in [0.2, 0.25) is 0 Å². The molecule has 0 amide bonds. The molecule has 0 radical (unpaired) electrons. The summed E-state index contributed by atoms with van der Waals surface area (Å²) in [5.74, 6) is 1.04. The van der Waals surface area contributed by atoms with Crippen LogP contribution in [-0.2, 0) is 6.42 Å². The average Bonchev–Trinajstić information content (AvgIpc) is 2.54. The second-order valence-electron chi connectivity index (χ2n) is 3.78. The Labute approximate surface area is 78.5 Å². The Bertz CT molecular complexity index is 264. The number of aromatic nitrogens is 1. The van der Waals surface area contributed by atoms with Crippen LogP contribution in [0.15, 0.2) is 10.7 Å².